The third kappa shape index (κ3) is 3.54. The maximum Gasteiger partial charge on any atom is 0.342 e. The topological polar surface area (TPSA) is 77.3 Å². The minimum Gasteiger partial charge on any atom is -0.452 e. The SMILES string of the molecule is Cc1c(C(=O)OCC(=O)N2c3ccccc3Sc3ccccc32)cnn1-c1ccccn1. The van der Waals surface area contributed by atoms with E-state index in [1.54, 1.807) is 46.6 Å². The molecule has 7 nitrogen and oxygen atoms in total. The Morgan fingerprint density at radius 3 is 2.25 bits per heavy atom. The predicted molar refractivity (Wildman–Crippen MR) is 121 cm³/mol. The fraction of sp³-hybridized carbons (Fsp3) is 0.0833. The van der Waals surface area contributed by atoms with Crippen molar-refractivity contribution in [2.45, 2.75) is 16.7 Å². The maximum atomic E-state index is 13.2. The highest BCUT2D eigenvalue weighted by Gasteiger charge is 2.29. The molecule has 1 aliphatic rings. The normalized spacial score (nSPS) is 12.1. The number of aromatic nitrogens is 3. The molecule has 5 rings (SSSR count). The Balaban J connectivity index is 1.36. The fourth-order valence-electron chi connectivity index (χ4n) is 3.56. The summed E-state index contributed by atoms with van der Waals surface area (Å²) in [5.41, 5.74) is 2.43. The standard InChI is InChI=1S/C24H18N4O3S/c1-16-17(14-26-28(16)22-12-6-7-13-25-22)24(30)31-15-23(29)27-18-8-2-4-10-20(18)32-21-11-5-3-9-19(21)27/h2-14H,15H2,1H3. The molecule has 0 fully saturated rings. The number of pyridine rings is 1. The van der Waals surface area contributed by atoms with Gasteiger partial charge < -0.3 is 4.74 Å². The van der Waals surface area contributed by atoms with Crippen molar-refractivity contribution in [1.29, 1.82) is 0 Å². The van der Waals surface area contributed by atoms with E-state index in [-0.39, 0.29) is 12.5 Å². The van der Waals surface area contributed by atoms with Gasteiger partial charge in [0, 0.05) is 16.0 Å². The molecule has 0 saturated carbocycles. The fourth-order valence-corrected chi connectivity index (χ4v) is 4.62. The lowest BCUT2D eigenvalue weighted by atomic mass is 10.2. The van der Waals surface area contributed by atoms with Crippen molar-refractivity contribution in [3.05, 3.63) is 90.4 Å². The summed E-state index contributed by atoms with van der Waals surface area (Å²) < 4.78 is 6.95. The number of para-hydroxylation sites is 2. The van der Waals surface area contributed by atoms with E-state index >= 15 is 0 Å². The van der Waals surface area contributed by atoms with Crippen LogP contribution in [0.3, 0.4) is 0 Å². The van der Waals surface area contributed by atoms with Gasteiger partial charge in [0.25, 0.3) is 5.91 Å². The van der Waals surface area contributed by atoms with Crippen molar-refractivity contribution in [2.24, 2.45) is 0 Å². The first-order chi connectivity index (χ1) is 15.6. The number of rotatable bonds is 4. The second-order valence-electron chi connectivity index (χ2n) is 7.09. The molecular formula is C24H18N4O3S. The van der Waals surface area contributed by atoms with Crippen LogP contribution in [0.25, 0.3) is 5.82 Å². The number of esters is 1. The number of carbonyl (C=O) groups excluding carboxylic acids is 2. The number of fused-ring (bicyclic) bond motifs is 2. The lowest BCUT2D eigenvalue weighted by molar-refractivity contribution is -0.121. The molecule has 0 atom stereocenters. The molecule has 0 aliphatic carbocycles. The average Bonchev–Trinajstić information content (AvgIpc) is 3.22. The molecule has 0 spiro atoms. The molecular weight excluding hydrogens is 424 g/mol. The summed E-state index contributed by atoms with van der Waals surface area (Å²) >= 11 is 1.61. The molecule has 0 saturated heterocycles. The van der Waals surface area contributed by atoms with E-state index in [4.69, 9.17) is 4.74 Å². The maximum absolute atomic E-state index is 13.2. The third-order valence-corrected chi connectivity index (χ3v) is 6.23. The predicted octanol–water partition coefficient (Wildman–Crippen LogP) is 4.56. The van der Waals surface area contributed by atoms with Crippen molar-refractivity contribution < 1.29 is 14.3 Å². The zero-order chi connectivity index (χ0) is 22.1. The summed E-state index contributed by atoms with van der Waals surface area (Å²) in [6, 6.07) is 20.8. The van der Waals surface area contributed by atoms with Gasteiger partial charge in [-0.15, -0.1) is 0 Å². The van der Waals surface area contributed by atoms with Gasteiger partial charge >= 0.3 is 5.97 Å². The summed E-state index contributed by atoms with van der Waals surface area (Å²) in [7, 11) is 0. The molecule has 2 aromatic heterocycles. The largest absolute Gasteiger partial charge is 0.452 e. The number of ether oxygens (including phenoxy) is 1. The minimum absolute atomic E-state index is 0.290. The lowest BCUT2D eigenvalue weighted by Crippen LogP contribution is -2.32. The summed E-state index contributed by atoms with van der Waals surface area (Å²) in [5.74, 6) is -0.335. The van der Waals surface area contributed by atoms with Crippen molar-refractivity contribution in [1.82, 2.24) is 14.8 Å². The van der Waals surface area contributed by atoms with Crippen molar-refractivity contribution in [3.63, 3.8) is 0 Å². The minimum atomic E-state index is -0.606. The van der Waals surface area contributed by atoms with Crippen LogP contribution >= 0.6 is 11.8 Å². The first-order valence-corrected chi connectivity index (χ1v) is 10.8. The Morgan fingerprint density at radius 2 is 1.59 bits per heavy atom. The highest BCUT2D eigenvalue weighted by Crippen LogP contribution is 2.47. The first-order valence-electron chi connectivity index (χ1n) is 9.95. The molecule has 8 heteroatoms. The lowest BCUT2D eigenvalue weighted by Gasteiger charge is -2.30. The molecule has 0 unspecified atom stereocenters. The number of anilines is 2. The average molecular weight is 443 g/mol. The molecule has 1 amide bonds. The van der Waals surface area contributed by atoms with Gasteiger partial charge in [0.15, 0.2) is 12.4 Å². The van der Waals surface area contributed by atoms with Crippen molar-refractivity contribution in [2.75, 3.05) is 11.5 Å². The molecule has 32 heavy (non-hydrogen) atoms. The quantitative estimate of drug-likeness (QED) is 0.431. The first kappa shape index (κ1) is 20.0. The number of benzene rings is 2. The van der Waals surface area contributed by atoms with Gasteiger partial charge in [-0.3, -0.25) is 9.69 Å². The molecule has 3 heterocycles. The van der Waals surface area contributed by atoms with Gasteiger partial charge in [0.2, 0.25) is 0 Å². The Morgan fingerprint density at radius 1 is 0.938 bits per heavy atom. The number of amides is 1. The Labute approximate surface area is 188 Å². The highest BCUT2D eigenvalue weighted by atomic mass is 32.2. The third-order valence-electron chi connectivity index (χ3n) is 5.10. The van der Waals surface area contributed by atoms with Crippen LogP contribution in [0.5, 0.6) is 0 Å². The molecule has 4 aromatic rings. The van der Waals surface area contributed by atoms with Gasteiger partial charge in [-0.1, -0.05) is 42.1 Å². The second-order valence-corrected chi connectivity index (χ2v) is 8.17. The summed E-state index contributed by atoms with van der Waals surface area (Å²) in [5, 5.41) is 4.24. The van der Waals surface area contributed by atoms with Gasteiger partial charge in [0.1, 0.15) is 5.56 Å². The number of hydrogen-bond acceptors (Lipinski definition) is 6. The van der Waals surface area contributed by atoms with E-state index in [0.717, 1.165) is 21.2 Å². The molecule has 2 aromatic carbocycles. The van der Waals surface area contributed by atoms with Crippen LogP contribution < -0.4 is 4.90 Å². The van der Waals surface area contributed by atoms with E-state index < -0.39 is 5.97 Å². The molecule has 0 bridgehead atoms. The van der Waals surface area contributed by atoms with Crippen LogP contribution in [-0.4, -0.2) is 33.2 Å². The van der Waals surface area contributed by atoms with Gasteiger partial charge in [-0.2, -0.15) is 5.10 Å². The molecule has 158 valence electrons. The number of hydrogen-bond donors (Lipinski definition) is 0. The zero-order valence-corrected chi connectivity index (χ0v) is 18.0. The van der Waals surface area contributed by atoms with Crippen LogP contribution in [0.2, 0.25) is 0 Å². The molecule has 0 radical (unpaired) electrons. The van der Waals surface area contributed by atoms with Gasteiger partial charge in [-0.25, -0.2) is 14.5 Å². The summed E-state index contributed by atoms with van der Waals surface area (Å²) in [6.45, 7) is 1.37. The molecule has 1 aliphatic heterocycles. The van der Waals surface area contributed by atoms with Crippen molar-refractivity contribution >= 4 is 35.0 Å². The van der Waals surface area contributed by atoms with Gasteiger partial charge in [-0.05, 0) is 43.3 Å². The highest BCUT2D eigenvalue weighted by molar-refractivity contribution is 7.99. The van der Waals surface area contributed by atoms with Crippen LogP contribution in [0, 0.1) is 6.92 Å². The zero-order valence-electron chi connectivity index (χ0n) is 17.1. The van der Waals surface area contributed by atoms with E-state index in [9.17, 15) is 9.59 Å². The van der Waals surface area contributed by atoms with Crippen LogP contribution in [0.15, 0.2) is 88.9 Å². The Bertz CT molecular complexity index is 1270. The smallest absolute Gasteiger partial charge is 0.342 e. The summed E-state index contributed by atoms with van der Waals surface area (Å²) in [4.78, 5) is 33.7. The Kier molecular flexibility index (Phi) is 5.20. The Hall–Kier alpha value is -3.91. The van der Waals surface area contributed by atoms with Gasteiger partial charge in [0.05, 0.1) is 23.3 Å². The second kappa shape index (κ2) is 8.32. The van der Waals surface area contributed by atoms with Crippen LogP contribution in [-0.2, 0) is 9.53 Å². The van der Waals surface area contributed by atoms with E-state index in [0.29, 0.717) is 17.1 Å². The number of carbonyl (C=O) groups is 2. The summed E-state index contributed by atoms with van der Waals surface area (Å²) in [6.07, 6.45) is 3.08. The molecule has 0 N–H and O–H groups in total. The van der Waals surface area contributed by atoms with Crippen molar-refractivity contribution in [3.8, 4) is 5.82 Å². The van der Waals surface area contributed by atoms with E-state index in [2.05, 4.69) is 10.1 Å². The number of nitrogens with zero attached hydrogens (tertiary/aromatic N) is 4. The van der Waals surface area contributed by atoms with E-state index in [1.807, 2.05) is 54.6 Å². The monoisotopic (exact) mass is 442 g/mol. The van der Waals surface area contributed by atoms with E-state index in [1.165, 1.54) is 6.20 Å². The van der Waals surface area contributed by atoms with Crippen LogP contribution in [0.4, 0.5) is 11.4 Å². The van der Waals surface area contributed by atoms with Crippen LogP contribution in [0.1, 0.15) is 16.1 Å².